The molecule has 4 heteroatoms. The van der Waals surface area contributed by atoms with E-state index < -0.39 is 12.1 Å². The lowest BCUT2D eigenvalue weighted by Gasteiger charge is -2.22. The molecule has 0 aromatic rings. The number of allylic oxidation sites excluding steroid dienone is 2. The van der Waals surface area contributed by atoms with Gasteiger partial charge in [-0.05, 0) is 38.5 Å². The number of rotatable bonds is 30. The Labute approximate surface area is 237 Å². The minimum absolute atomic E-state index is 0.0422. The van der Waals surface area contributed by atoms with Gasteiger partial charge < -0.3 is 15.5 Å². The lowest BCUT2D eigenvalue weighted by Crippen LogP contribution is -2.45. The van der Waals surface area contributed by atoms with E-state index in [2.05, 4.69) is 31.3 Å². The molecule has 0 spiro atoms. The number of carbonyl (C=O) groups is 1. The third kappa shape index (κ3) is 26.7. The standard InChI is InChI=1S/C34H67NO3/c1-3-5-7-9-11-13-15-17-19-21-23-25-27-29-33(37)32(31-36)35-34(38)30-28-26-24-22-20-18-16-14-12-10-8-6-4-2/h19,21,32-33,36-37H,3-18,20,22-31H2,1-2H3,(H,35,38). The van der Waals surface area contributed by atoms with E-state index in [1.54, 1.807) is 0 Å². The summed E-state index contributed by atoms with van der Waals surface area (Å²) in [4.78, 5) is 12.3. The molecule has 0 aliphatic rings. The van der Waals surface area contributed by atoms with Gasteiger partial charge in [-0.2, -0.15) is 0 Å². The monoisotopic (exact) mass is 538 g/mol. The molecule has 0 rings (SSSR count). The summed E-state index contributed by atoms with van der Waals surface area (Å²) in [5.74, 6) is -0.0422. The van der Waals surface area contributed by atoms with Gasteiger partial charge in [-0.3, -0.25) is 4.79 Å². The summed E-state index contributed by atoms with van der Waals surface area (Å²) in [6, 6.07) is -0.544. The topological polar surface area (TPSA) is 69.6 Å². The number of hydrogen-bond donors (Lipinski definition) is 3. The van der Waals surface area contributed by atoms with Crippen molar-refractivity contribution in [3.63, 3.8) is 0 Å². The van der Waals surface area contributed by atoms with Crippen LogP contribution in [-0.2, 0) is 4.79 Å². The number of nitrogens with one attached hydrogen (secondary N) is 1. The highest BCUT2D eigenvalue weighted by Gasteiger charge is 2.19. The zero-order valence-corrected chi connectivity index (χ0v) is 25.7. The molecule has 0 aromatic carbocycles. The lowest BCUT2D eigenvalue weighted by atomic mass is 10.0. The van der Waals surface area contributed by atoms with E-state index in [-0.39, 0.29) is 12.5 Å². The van der Waals surface area contributed by atoms with Crippen LogP contribution in [0.15, 0.2) is 12.2 Å². The molecule has 0 aliphatic heterocycles. The summed E-state index contributed by atoms with van der Waals surface area (Å²) in [6.07, 6.45) is 35.4. The fourth-order valence-electron chi connectivity index (χ4n) is 5.12. The Morgan fingerprint density at radius 3 is 1.45 bits per heavy atom. The van der Waals surface area contributed by atoms with Gasteiger partial charge in [-0.25, -0.2) is 0 Å². The first-order valence-electron chi connectivity index (χ1n) is 16.9. The van der Waals surface area contributed by atoms with Gasteiger partial charge in [0.2, 0.25) is 5.91 Å². The fraction of sp³-hybridized carbons (Fsp3) is 0.912. The van der Waals surface area contributed by atoms with Crippen molar-refractivity contribution in [3.8, 4) is 0 Å². The maximum Gasteiger partial charge on any atom is 0.220 e. The van der Waals surface area contributed by atoms with Crippen molar-refractivity contribution < 1.29 is 15.0 Å². The Balaban J connectivity index is 3.61. The number of aliphatic hydroxyl groups excluding tert-OH is 2. The second-order valence-electron chi connectivity index (χ2n) is 11.6. The molecule has 0 bridgehead atoms. The zero-order valence-electron chi connectivity index (χ0n) is 25.7. The van der Waals surface area contributed by atoms with E-state index in [1.807, 2.05) is 0 Å². The van der Waals surface area contributed by atoms with Crippen molar-refractivity contribution in [3.05, 3.63) is 12.2 Å². The van der Waals surface area contributed by atoms with E-state index >= 15 is 0 Å². The molecule has 2 atom stereocenters. The number of aliphatic hydroxyl groups is 2. The van der Waals surface area contributed by atoms with Gasteiger partial charge in [0.1, 0.15) is 0 Å². The molecule has 0 fully saturated rings. The van der Waals surface area contributed by atoms with Crippen LogP contribution in [0, 0.1) is 0 Å². The first-order valence-corrected chi connectivity index (χ1v) is 16.9. The second kappa shape index (κ2) is 30.7. The minimum Gasteiger partial charge on any atom is -0.394 e. The van der Waals surface area contributed by atoms with Crippen LogP contribution in [0.1, 0.15) is 181 Å². The Hall–Kier alpha value is -0.870. The quantitative estimate of drug-likeness (QED) is 0.0631. The molecule has 0 aromatic heterocycles. The summed E-state index contributed by atoms with van der Waals surface area (Å²) in [7, 11) is 0. The predicted octanol–water partition coefficient (Wildman–Crippen LogP) is 9.56. The molecule has 4 nitrogen and oxygen atoms in total. The number of amides is 1. The average Bonchev–Trinajstić information content (AvgIpc) is 2.92. The van der Waals surface area contributed by atoms with Crippen LogP contribution in [0.3, 0.4) is 0 Å². The zero-order chi connectivity index (χ0) is 27.9. The van der Waals surface area contributed by atoms with E-state index in [0.29, 0.717) is 12.8 Å². The van der Waals surface area contributed by atoms with Gasteiger partial charge in [0.05, 0.1) is 18.8 Å². The van der Waals surface area contributed by atoms with Crippen LogP contribution in [0.4, 0.5) is 0 Å². The van der Waals surface area contributed by atoms with E-state index in [0.717, 1.165) is 32.1 Å². The van der Waals surface area contributed by atoms with Crippen molar-refractivity contribution in [2.75, 3.05) is 6.61 Å². The van der Waals surface area contributed by atoms with Crippen LogP contribution in [0.25, 0.3) is 0 Å². The summed E-state index contributed by atoms with van der Waals surface area (Å²) < 4.78 is 0. The second-order valence-corrected chi connectivity index (χ2v) is 11.6. The maximum atomic E-state index is 12.3. The first kappa shape index (κ1) is 37.1. The highest BCUT2D eigenvalue weighted by atomic mass is 16.3. The molecule has 0 radical (unpaired) electrons. The molecule has 1 amide bonds. The van der Waals surface area contributed by atoms with Gasteiger partial charge in [0.25, 0.3) is 0 Å². The van der Waals surface area contributed by atoms with Crippen LogP contribution >= 0.6 is 0 Å². The van der Waals surface area contributed by atoms with Crippen LogP contribution in [-0.4, -0.2) is 34.9 Å². The highest BCUT2D eigenvalue weighted by molar-refractivity contribution is 5.76. The summed E-state index contributed by atoms with van der Waals surface area (Å²) >= 11 is 0. The van der Waals surface area contributed by atoms with Gasteiger partial charge in [0, 0.05) is 6.42 Å². The molecule has 0 aliphatic carbocycles. The van der Waals surface area contributed by atoms with Crippen molar-refractivity contribution in [1.82, 2.24) is 5.32 Å². The Morgan fingerprint density at radius 1 is 0.605 bits per heavy atom. The van der Waals surface area contributed by atoms with Crippen molar-refractivity contribution in [2.24, 2.45) is 0 Å². The number of unbranched alkanes of at least 4 members (excludes halogenated alkanes) is 21. The van der Waals surface area contributed by atoms with Gasteiger partial charge in [0.15, 0.2) is 0 Å². The van der Waals surface area contributed by atoms with E-state index in [9.17, 15) is 15.0 Å². The van der Waals surface area contributed by atoms with Gasteiger partial charge >= 0.3 is 0 Å². The Bertz CT molecular complexity index is 508. The molecule has 2 unspecified atom stereocenters. The minimum atomic E-state index is -0.674. The lowest BCUT2D eigenvalue weighted by molar-refractivity contribution is -0.123. The fourth-order valence-corrected chi connectivity index (χ4v) is 5.12. The third-order valence-corrected chi connectivity index (χ3v) is 7.78. The highest BCUT2D eigenvalue weighted by Crippen LogP contribution is 2.14. The third-order valence-electron chi connectivity index (χ3n) is 7.78. The molecule has 0 saturated heterocycles. The van der Waals surface area contributed by atoms with Crippen molar-refractivity contribution >= 4 is 5.91 Å². The average molecular weight is 538 g/mol. The van der Waals surface area contributed by atoms with E-state index in [1.165, 1.54) is 122 Å². The van der Waals surface area contributed by atoms with Gasteiger partial charge in [-0.15, -0.1) is 0 Å². The predicted molar refractivity (Wildman–Crippen MR) is 166 cm³/mol. The SMILES string of the molecule is CCCCCCCCCC=CCCCCC(O)C(CO)NC(=O)CCCCCCCCCCCCCCC. The summed E-state index contributed by atoms with van der Waals surface area (Å²) in [5.41, 5.74) is 0. The Morgan fingerprint density at radius 2 is 1.00 bits per heavy atom. The molecular formula is C34H67NO3. The number of carbonyl (C=O) groups excluding carboxylic acids is 1. The van der Waals surface area contributed by atoms with Crippen molar-refractivity contribution in [2.45, 2.75) is 193 Å². The largest absolute Gasteiger partial charge is 0.394 e. The number of hydrogen-bond acceptors (Lipinski definition) is 3. The molecule has 3 N–H and O–H groups in total. The molecule has 38 heavy (non-hydrogen) atoms. The summed E-state index contributed by atoms with van der Waals surface area (Å²) in [5, 5.41) is 22.9. The van der Waals surface area contributed by atoms with Gasteiger partial charge in [-0.1, -0.05) is 148 Å². The van der Waals surface area contributed by atoms with E-state index in [4.69, 9.17) is 0 Å². The van der Waals surface area contributed by atoms with Crippen LogP contribution in [0.2, 0.25) is 0 Å². The normalized spacial score (nSPS) is 13.3. The molecule has 0 saturated carbocycles. The smallest absolute Gasteiger partial charge is 0.220 e. The summed E-state index contributed by atoms with van der Waals surface area (Å²) in [6.45, 7) is 4.32. The maximum absolute atomic E-state index is 12.3. The van der Waals surface area contributed by atoms with Crippen molar-refractivity contribution in [1.29, 1.82) is 0 Å². The molecular weight excluding hydrogens is 470 g/mol. The molecule has 0 heterocycles. The van der Waals surface area contributed by atoms with Crippen LogP contribution < -0.4 is 5.32 Å². The van der Waals surface area contributed by atoms with Crippen LogP contribution in [0.5, 0.6) is 0 Å². The molecule has 226 valence electrons. The Kier molecular flexibility index (Phi) is 30.0. The first-order chi connectivity index (χ1) is 18.7.